The fraction of sp³-hybridized carbons (Fsp3) is 0.273. The van der Waals surface area contributed by atoms with Crippen molar-refractivity contribution in [1.82, 2.24) is 10.3 Å². The molecule has 0 saturated carbocycles. The number of carbonyl (C=O) groups is 1. The van der Waals surface area contributed by atoms with Crippen LogP contribution in [0.1, 0.15) is 34.0 Å². The molecule has 0 saturated heterocycles. The maximum absolute atomic E-state index is 12.1. The molecule has 0 fully saturated rings. The van der Waals surface area contributed by atoms with Crippen LogP contribution in [-0.2, 0) is 0 Å². The highest BCUT2D eigenvalue weighted by Crippen LogP contribution is 2.32. The number of thiazole rings is 1. The highest BCUT2D eigenvalue weighted by molar-refractivity contribution is 9.12. The van der Waals surface area contributed by atoms with Crippen molar-refractivity contribution in [2.24, 2.45) is 0 Å². The maximum Gasteiger partial charge on any atom is 0.253 e. The van der Waals surface area contributed by atoms with E-state index in [0.29, 0.717) is 5.56 Å². The Morgan fingerprint density at radius 2 is 2.22 bits per heavy atom. The molecule has 96 valence electrons. The summed E-state index contributed by atoms with van der Waals surface area (Å²) < 4.78 is 1.76. The van der Waals surface area contributed by atoms with Crippen molar-refractivity contribution in [3.05, 3.63) is 35.3 Å². The normalized spacial score (nSPS) is 12.4. The van der Waals surface area contributed by atoms with Gasteiger partial charge in [0, 0.05) is 11.1 Å². The summed E-state index contributed by atoms with van der Waals surface area (Å²) in [5.74, 6) is -0.0934. The Morgan fingerprint density at radius 1 is 1.50 bits per heavy atom. The lowest BCUT2D eigenvalue weighted by atomic mass is 10.3. The van der Waals surface area contributed by atoms with Gasteiger partial charge in [-0.1, -0.05) is 0 Å². The number of carbonyl (C=O) groups excluding carboxylic acids is 1. The highest BCUT2D eigenvalue weighted by Gasteiger charge is 2.17. The highest BCUT2D eigenvalue weighted by atomic mass is 79.9. The maximum atomic E-state index is 12.1. The molecule has 0 aromatic carbocycles. The quantitative estimate of drug-likeness (QED) is 0.808. The molecule has 2 aromatic rings. The third kappa shape index (κ3) is 3.20. The number of aryl methyl sites for hydroxylation is 1. The minimum absolute atomic E-state index is 0.0817. The van der Waals surface area contributed by atoms with Crippen LogP contribution in [0.5, 0.6) is 0 Å². The number of halogens is 2. The molecule has 2 heterocycles. The molecule has 2 rings (SSSR count). The van der Waals surface area contributed by atoms with E-state index < -0.39 is 0 Å². The summed E-state index contributed by atoms with van der Waals surface area (Å²) in [6.45, 7) is 3.88. The van der Waals surface area contributed by atoms with Crippen LogP contribution in [0.3, 0.4) is 0 Å². The fourth-order valence-electron chi connectivity index (χ4n) is 1.40. The number of thiophene rings is 1. The van der Waals surface area contributed by atoms with Gasteiger partial charge in [0.15, 0.2) is 0 Å². The molecule has 18 heavy (non-hydrogen) atoms. The Labute approximate surface area is 130 Å². The predicted molar refractivity (Wildman–Crippen MR) is 82.5 cm³/mol. The van der Waals surface area contributed by atoms with E-state index in [1.54, 1.807) is 11.3 Å². The van der Waals surface area contributed by atoms with Crippen molar-refractivity contribution in [3.63, 3.8) is 0 Å². The molecule has 1 unspecified atom stereocenters. The molecule has 0 aliphatic rings. The zero-order valence-corrected chi connectivity index (χ0v) is 14.5. The number of amides is 1. The number of hydrogen-bond acceptors (Lipinski definition) is 4. The standard InChI is InChI=1S/C11H10Br2N2OS2/c1-5-4-17-11(14-5)6(2)15-10(16)7-3-8(12)18-9(7)13/h3-4,6H,1-2H3,(H,15,16). The third-order valence-corrected chi connectivity index (χ3v) is 5.74. The first-order chi connectivity index (χ1) is 8.47. The first kappa shape index (κ1) is 14.2. The van der Waals surface area contributed by atoms with Gasteiger partial charge in [0.1, 0.15) is 5.01 Å². The SMILES string of the molecule is Cc1csc(C(C)NC(=O)c2cc(Br)sc2Br)n1. The Bertz CT molecular complexity index is 579. The third-order valence-electron chi connectivity index (χ3n) is 2.26. The van der Waals surface area contributed by atoms with E-state index >= 15 is 0 Å². The van der Waals surface area contributed by atoms with Gasteiger partial charge in [-0.2, -0.15) is 0 Å². The molecule has 7 heteroatoms. The first-order valence-electron chi connectivity index (χ1n) is 5.15. The van der Waals surface area contributed by atoms with Gasteiger partial charge in [-0.25, -0.2) is 4.98 Å². The summed E-state index contributed by atoms with van der Waals surface area (Å²) in [6, 6.07) is 1.73. The van der Waals surface area contributed by atoms with Gasteiger partial charge in [0.2, 0.25) is 0 Å². The molecule has 1 amide bonds. The van der Waals surface area contributed by atoms with Crippen LogP contribution in [-0.4, -0.2) is 10.9 Å². The van der Waals surface area contributed by atoms with Gasteiger partial charge in [0.25, 0.3) is 5.91 Å². The van der Waals surface area contributed by atoms with Crippen LogP contribution in [0.4, 0.5) is 0 Å². The van der Waals surface area contributed by atoms with Crippen LogP contribution in [0, 0.1) is 6.92 Å². The van der Waals surface area contributed by atoms with E-state index in [1.807, 2.05) is 25.3 Å². The second kappa shape index (κ2) is 5.81. The number of nitrogens with zero attached hydrogens (tertiary/aromatic N) is 1. The Kier molecular flexibility index (Phi) is 4.58. The lowest BCUT2D eigenvalue weighted by Crippen LogP contribution is -2.26. The van der Waals surface area contributed by atoms with E-state index in [2.05, 4.69) is 42.2 Å². The van der Waals surface area contributed by atoms with E-state index in [0.717, 1.165) is 18.3 Å². The Morgan fingerprint density at radius 3 is 2.72 bits per heavy atom. The van der Waals surface area contributed by atoms with Gasteiger partial charge >= 0.3 is 0 Å². The Hall–Kier alpha value is -0.240. The Balaban J connectivity index is 2.10. The summed E-state index contributed by atoms with van der Waals surface area (Å²) in [6.07, 6.45) is 0. The molecule has 0 radical (unpaired) electrons. The van der Waals surface area contributed by atoms with Crippen molar-refractivity contribution >= 4 is 60.4 Å². The van der Waals surface area contributed by atoms with Crippen molar-refractivity contribution in [2.75, 3.05) is 0 Å². The molecule has 1 atom stereocenters. The molecule has 0 spiro atoms. The van der Waals surface area contributed by atoms with E-state index in [1.165, 1.54) is 11.3 Å². The van der Waals surface area contributed by atoms with Gasteiger partial charge in [-0.15, -0.1) is 22.7 Å². The summed E-state index contributed by atoms with van der Waals surface area (Å²) in [5.41, 5.74) is 1.63. The van der Waals surface area contributed by atoms with E-state index in [9.17, 15) is 4.79 Å². The smallest absolute Gasteiger partial charge is 0.253 e. The topological polar surface area (TPSA) is 42.0 Å². The lowest BCUT2D eigenvalue weighted by Gasteiger charge is -2.10. The summed E-state index contributed by atoms with van der Waals surface area (Å²) in [4.78, 5) is 16.5. The average molecular weight is 410 g/mol. The van der Waals surface area contributed by atoms with Crippen LogP contribution >= 0.6 is 54.5 Å². The van der Waals surface area contributed by atoms with Gasteiger partial charge in [-0.05, 0) is 51.8 Å². The zero-order valence-electron chi connectivity index (χ0n) is 9.66. The van der Waals surface area contributed by atoms with Crippen molar-refractivity contribution < 1.29 is 4.79 Å². The molecule has 0 aliphatic heterocycles. The predicted octanol–water partition coefficient (Wildman–Crippen LogP) is 4.53. The molecule has 2 aromatic heterocycles. The first-order valence-corrected chi connectivity index (χ1v) is 8.43. The molecular formula is C11H10Br2N2OS2. The number of rotatable bonds is 3. The largest absolute Gasteiger partial charge is 0.343 e. The fourth-order valence-corrected chi connectivity index (χ4v) is 5.00. The summed E-state index contributed by atoms with van der Waals surface area (Å²) in [5, 5.41) is 5.85. The molecule has 3 nitrogen and oxygen atoms in total. The van der Waals surface area contributed by atoms with Crippen molar-refractivity contribution in [2.45, 2.75) is 19.9 Å². The number of hydrogen-bond donors (Lipinski definition) is 1. The molecule has 0 bridgehead atoms. The molecule has 0 aliphatic carbocycles. The molecular weight excluding hydrogens is 400 g/mol. The van der Waals surface area contributed by atoms with Crippen LogP contribution in [0.2, 0.25) is 0 Å². The van der Waals surface area contributed by atoms with Gasteiger partial charge in [-0.3, -0.25) is 4.79 Å². The number of nitrogens with one attached hydrogen (secondary N) is 1. The van der Waals surface area contributed by atoms with Crippen LogP contribution in [0.15, 0.2) is 19.0 Å². The molecule has 1 N–H and O–H groups in total. The monoisotopic (exact) mass is 408 g/mol. The average Bonchev–Trinajstić information content (AvgIpc) is 2.84. The zero-order chi connectivity index (χ0) is 13.3. The lowest BCUT2D eigenvalue weighted by molar-refractivity contribution is 0.0939. The second-order valence-corrected chi connectivity index (χ2v) is 8.40. The second-order valence-electron chi connectivity index (χ2n) is 3.76. The van der Waals surface area contributed by atoms with Gasteiger partial charge < -0.3 is 5.32 Å². The van der Waals surface area contributed by atoms with Gasteiger partial charge in [0.05, 0.1) is 19.2 Å². The summed E-state index contributed by atoms with van der Waals surface area (Å²) >= 11 is 9.79. The van der Waals surface area contributed by atoms with E-state index in [4.69, 9.17) is 0 Å². The van der Waals surface area contributed by atoms with Crippen molar-refractivity contribution in [1.29, 1.82) is 0 Å². The van der Waals surface area contributed by atoms with E-state index in [-0.39, 0.29) is 11.9 Å². The summed E-state index contributed by atoms with van der Waals surface area (Å²) in [7, 11) is 0. The van der Waals surface area contributed by atoms with Crippen molar-refractivity contribution in [3.8, 4) is 0 Å². The van der Waals surface area contributed by atoms with Crippen LogP contribution < -0.4 is 5.32 Å². The minimum Gasteiger partial charge on any atom is -0.343 e. The number of aromatic nitrogens is 1. The minimum atomic E-state index is -0.0934. The van der Waals surface area contributed by atoms with Crippen LogP contribution in [0.25, 0.3) is 0 Å².